The first-order valence-electron chi connectivity index (χ1n) is 8.84. The van der Waals surface area contributed by atoms with Crippen molar-refractivity contribution in [3.05, 3.63) is 60.2 Å². The maximum Gasteiger partial charge on any atom is 0.124 e. The van der Waals surface area contributed by atoms with Crippen molar-refractivity contribution in [1.29, 1.82) is 0 Å². The Kier molecular flexibility index (Phi) is 3.48. The number of ether oxygens (including phenoxy) is 1. The van der Waals surface area contributed by atoms with Gasteiger partial charge in [-0.15, -0.1) is 0 Å². The second-order valence-electron chi connectivity index (χ2n) is 6.76. The second-order valence-corrected chi connectivity index (χ2v) is 6.76. The molecule has 0 saturated heterocycles. The molecule has 0 aliphatic heterocycles. The van der Waals surface area contributed by atoms with E-state index in [0.29, 0.717) is 0 Å². The highest BCUT2D eigenvalue weighted by Gasteiger charge is 2.22. The molecule has 3 heterocycles. The summed E-state index contributed by atoms with van der Waals surface area (Å²) in [7, 11) is 1.91. The van der Waals surface area contributed by atoms with Gasteiger partial charge in [-0.3, -0.25) is 14.8 Å². The molecular formula is C20H19N5O. The third kappa shape index (κ3) is 2.54. The maximum atomic E-state index is 6.37. The summed E-state index contributed by atoms with van der Waals surface area (Å²) >= 11 is 0. The van der Waals surface area contributed by atoms with Crippen molar-refractivity contribution >= 4 is 10.9 Å². The van der Waals surface area contributed by atoms with E-state index < -0.39 is 0 Å². The molecule has 26 heavy (non-hydrogen) atoms. The van der Waals surface area contributed by atoms with Crippen LogP contribution in [0.3, 0.4) is 0 Å². The SMILES string of the molecule is Cn1cc(-c2n[nH]c3ccc(OC4CCCc5cnccc54)cc23)cn1. The molecule has 0 bridgehead atoms. The highest BCUT2D eigenvalue weighted by molar-refractivity contribution is 5.93. The number of hydrogen-bond acceptors (Lipinski definition) is 4. The minimum Gasteiger partial charge on any atom is -0.486 e. The number of rotatable bonds is 3. The van der Waals surface area contributed by atoms with Crippen LogP contribution < -0.4 is 4.74 Å². The predicted octanol–water partition coefficient (Wildman–Crippen LogP) is 3.81. The number of aromatic nitrogens is 5. The first kappa shape index (κ1) is 15.1. The van der Waals surface area contributed by atoms with Gasteiger partial charge in [-0.1, -0.05) is 0 Å². The molecule has 0 spiro atoms. The van der Waals surface area contributed by atoms with Crippen molar-refractivity contribution in [3.8, 4) is 17.0 Å². The average Bonchev–Trinajstić information content (AvgIpc) is 3.27. The van der Waals surface area contributed by atoms with E-state index in [2.05, 4.69) is 32.4 Å². The average molecular weight is 345 g/mol. The molecule has 0 amide bonds. The van der Waals surface area contributed by atoms with Crippen molar-refractivity contribution in [2.24, 2.45) is 7.05 Å². The van der Waals surface area contributed by atoms with Gasteiger partial charge in [-0.05, 0) is 54.7 Å². The van der Waals surface area contributed by atoms with Crippen LogP contribution in [0.15, 0.2) is 49.1 Å². The molecule has 0 radical (unpaired) electrons. The molecular weight excluding hydrogens is 326 g/mol. The largest absolute Gasteiger partial charge is 0.486 e. The highest BCUT2D eigenvalue weighted by atomic mass is 16.5. The van der Waals surface area contributed by atoms with Crippen molar-refractivity contribution in [2.75, 3.05) is 0 Å². The molecule has 1 aliphatic carbocycles. The van der Waals surface area contributed by atoms with E-state index in [9.17, 15) is 0 Å². The summed E-state index contributed by atoms with van der Waals surface area (Å²) in [5.74, 6) is 0.860. The Morgan fingerprint density at radius 2 is 2.19 bits per heavy atom. The fourth-order valence-electron chi connectivity index (χ4n) is 3.71. The molecule has 6 nitrogen and oxygen atoms in total. The number of nitrogens with one attached hydrogen (secondary N) is 1. The van der Waals surface area contributed by atoms with Gasteiger partial charge in [0.15, 0.2) is 0 Å². The Bertz CT molecular complexity index is 1080. The summed E-state index contributed by atoms with van der Waals surface area (Å²) in [6.45, 7) is 0. The van der Waals surface area contributed by atoms with E-state index in [-0.39, 0.29) is 6.10 Å². The van der Waals surface area contributed by atoms with Crippen molar-refractivity contribution in [1.82, 2.24) is 25.0 Å². The number of nitrogens with zero attached hydrogens (tertiary/aromatic N) is 4. The maximum absolute atomic E-state index is 6.37. The van der Waals surface area contributed by atoms with E-state index in [1.165, 1.54) is 11.1 Å². The van der Waals surface area contributed by atoms with Crippen LogP contribution in [0.25, 0.3) is 22.2 Å². The van der Waals surface area contributed by atoms with Gasteiger partial charge < -0.3 is 4.74 Å². The number of fused-ring (bicyclic) bond motifs is 2. The van der Waals surface area contributed by atoms with E-state index in [0.717, 1.165) is 47.2 Å². The number of aromatic amines is 1. The molecule has 1 N–H and O–H groups in total. The van der Waals surface area contributed by atoms with Crippen LogP contribution in [-0.2, 0) is 13.5 Å². The minimum atomic E-state index is 0.0768. The molecule has 1 atom stereocenters. The molecule has 4 aromatic rings. The van der Waals surface area contributed by atoms with Crippen LogP contribution in [0.2, 0.25) is 0 Å². The molecule has 3 aromatic heterocycles. The monoisotopic (exact) mass is 345 g/mol. The number of aryl methyl sites for hydroxylation is 2. The van der Waals surface area contributed by atoms with E-state index in [1.807, 2.05) is 44.0 Å². The van der Waals surface area contributed by atoms with Gasteiger partial charge in [-0.2, -0.15) is 10.2 Å². The predicted molar refractivity (Wildman–Crippen MR) is 98.8 cm³/mol. The zero-order valence-corrected chi connectivity index (χ0v) is 14.5. The third-order valence-corrected chi connectivity index (χ3v) is 4.99. The lowest BCUT2D eigenvalue weighted by Gasteiger charge is -2.26. The highest BCUT2D eigenvalue weighted by Crippen LogP contribution is 2.35. The Hall–Kier alpha value is -3.15. The second kappa shape index (κ2) is 5.98. The molecule has 0 fully saturated rings. The molecule has 5 rings (SSSR count). The molecule has 6 heteroatoms. The standard InChI is InChI=1S/C20H19N5O/c1-25-12-14(11-22-25)20-17-9-15(5-6-18(17)23-24-20)26-19-4-2-3-13-10-21-8-7-16(13)19/h5-12,19H,2-4H2,1H3,(H,23,24). The van der Waals surface area contributed by atoms with Crippen molar-refractivity contribution in [3.63, 3.8) is 0 Å². The van der Waals surface area contributed by atoms with Gasteiger partial charge in [0.05, 0.1) is 11.7 Å². The number of H-pyrrole nitrogens is 1. The topological polar surface area (TPSA) is 68.6 Å². The van der Waals surface area contributed by atoms with Gasteiger partial charge in [0, 0.05) is 36.6 Å². The lowest BCUT2D eigenvalue weighted by atomic mass is 9.91. The Morgan fingerprint density at radius 3 is 3.08 bits per heavy atom. The first-order chi connectivity index (χ1) is 12.8. The quantitative estimate of drug-likeness (QED) is 0.613. The molecule has 1 aromatic carbocycles. The van der Waals surface area contributed by atoms with Crippen LogP contribution >= 0.6 is 0 Å². The summed E-state index contributed by atoms with van der Waals surface area (Å²) in [6.07, 6.45) is 10.9. The van der Waals surface area contributed by atoms with E-state index in [1.54, 1.807) is 4.68 Å². The lowest BCUT2D eigenvalue weighted by Crippen LogP contribution is -2.15. The smallest absolute Gasteiger partial charge is 0.124 e. The van der Waals surface area contributed by atoms with Crippen LogP contribution in [0.4, 0.5) is 0 Å². The number of pyridine rings is 1. The van der Waals surface area contributed by atoms with Gasteiger partial charge in [0.25, 0.3) is 0 Å². The fourth-order valence-corrected chi connectivity index (χ4v) is 3.71. The Balaban J connectivity index is 1.51. The summed E-state index contributed by atoms with van der Waals surface area (Å²) in [6, 6.07) is 8.17. The number of hydrogen-bond donors (Lipinski definition) is 1. The molecule has 0 saturated carbocycles. The number of benzene rings is 1. The Labute approximate surface area is 150 Å². The fraction of sp³-hybridized carbons (Fsp3) is 0.250. The van der Waals surface area contributed by atoms with Crippen molar-refractivity contribution < 1.29 is 4.74 Å². The molecule has 1 unspecified atom stereocenters. The first-order valence-corrected chi connectivity index (χ1v) is 8.84. The molecule has 130 valence electrons. The summed E-state index contributed by atoms with van der Waals surface area (Å²) in [4.78, 5) is 4.24. The summed E-state index contributed by atoms with van der Waals surface area (Å²) in [5.41, 5.74) is 5.43. The summed E-state index contributed by atoms with van der Waals surface area (Å²) in [5, 5.41) is 12.8. The van der Waals surface area contributed by atoms with Gasteiger partial charge in [-0.25, -0.2) is 0 Å². The zero-order chi connectivity index (χ0) is 17.5. The van der Waals surface area contributed by atoms with E-state index in [4.69, 9.17) is 4.74 Å². The van der Waals surface area contributed by atoms with Crippen LogP contribution in [0.5, 0.6) is 5.75 Å². The van der Waals surface area contributed by atoms with Crippen LogP contribution in [0.1, 0.15) is 30.1 Å². The summed E-state index contributed by atoms with van der Waals surface area (Å²) < 4.78 is 8.15. The van der Waals surface area contributed by atoms with Gasteiger partial charge in [0.1, 0.15) is 17.5 Å². The van der Waals surface area contributed by atoms with Gasteiger partial charge in [0.2, 0.25) is 0 Å². The van der Waals surface area contributed by atoms with Crippen molar-refractivity contribution in [2.45, 2.75) is 25.4 Å². The zero-order valence-electron chi connectivity index (χ0n) is 14.5. The van der Waals surface area contributed by atoms with Crippen LogP contribution in [-0.4, -0.2) is 25.0 Å². The lowest BCUT2D eigenvalue weighted by molar-refractivity contribution is 0.183. The Morgan fingerprint density at radius 1 is 1.23 bits per heavy atom. The minimum absolute atomic E-state index is 0.0768. The van der Waals surface area contributed by atoms with Crippen LogP contribution in [0, 0.1) is 0 Å². The normalized spacial score (nSPS) is 16.6. The molecule has 1 aliphatic rings. The third-order valence-electron chi connectivity index (χ3n) is 4.99. The van der Waals surface area contributed by atoms with Gasteiger partial charge >= 0.3 is 0 Å². The van der Waals surface area contributed by atoms with E-state index >= 15 is 0 Å².